The second-order valence-corrected chi connectivity index (χ2v) is 15.8. The maximum Gasteiger partial charge on any atom is 0.317 e. The lowest BCUT2D eigenvalue weighted by atomic mass is 9.65. The maximum absolute atomic E-state index is 13.4. The largest absolute Gasteiger partial charge is 0.496 e. The molecule has 2 atom stereocenters. The van der Waals surface area contributed by atoms with Gasteiger partial charge in [-0.2, -0.15) is 0 Å². The molecule has 5 aliphatic rings. The number of imide groups is 1. The quantitative estimate of drug-likeness (QED) is 0.349. The molecular weight excluding hydrogens is 702 g/mol. The number of urea groups is 1. The van der Waals surface area contributed by atoms with Crippen molar-refractivity contribution in [3.05, 3.63) is 74.7 Å². The zero-order valence-corrected chi connectivity index (χ0v) is 32.2. The molecule has 3 saturated heterocycles. The van der Waals surface area contributed by atoms with Gasteiger partial charge in [-0.05, 0) is 72.7 Å². The summed E-state index contributed by atoms with van der Waals surface area (Å²) in [6.45, 7) is 7.82. The van der Waals surface area contributed by atoms with Crippen LogP contribution in [-0.4, -0.2) is 103 Å². The molecule has 55 heavy (non-hydrogen) atoms. The Hall–Kier alpha value is -5.37. The highest BCUT2D eigenvalue weighted by Crippen LogP contribution is 2.47. The van der Waals surface area contributed by atoms with E-state index in [4.69, 9.17) is 9.47 Å². The van der Waals surface area contributed by atoms with Crippen LogP contribution in [0.1, 0.15) is 58.8 Å². The third-order valence-electron chi connectivity index (χ3n) is 12.8. The number of aryl methyl sites for hydroxylation is 1. The Labute approximate surface area is 320 Å². The first-order chi connectivity index (χ1) is 26.4. The van der Waals surface area contributed by atoms with Crippen molar-refractivity contribution in [3.63, 3.8) is 0 Å². The summed E-state index contributed by atoms with van der Waals surface area (Å²) in [5.41, 5.74) is 7.03. The fraction of sp³-hybridized carbons (Fsp3) is 0.488. The van der Waals surface area contributed by atoms with E-state index in [1.54, 1.807) is 42.7 Å². The lowest BCUT2D eigenvalue weighted by molar-refractivity contribution is -0.136. The average Bonchev–Trinajstić information content (AvgIpc) is 3.49. The van der Waals surface area contributed by atoms with Crippen LogP contribution >= 0.6 is 0 Å². The van der Waals surface area contributed by atoms with Crippen molar-refractivity contribution in [1.82, 2.24) is 29.9 Å². The second kappa shape index (κ2) is 14.0. The molecule has 1 aromatic heterocycles. The number of nitrogens with one attached hydrogen (secondary N) is 2. The van der Waals surface area contributed by atoms with Crippen LogP contribution in [0.15, 0.2) is 41.3 Å². The van der Waals surface area contributed by atoms with Crippen LogP contribution < -0.4 is 30.6 Å². The number of amides is 5. The van der Waals surface area contributed by atoms with Gasteiger partial charge in [0.15, 0.2) is 0 Å². The van der Waals surface area contributed by atoms with E-state index in [-0.39, 0.29) is 41.8 Å². The minimum absolute atomic E-state index is 0.102. The van der Waals surface area contributed by atoms with Crippen molar-refractivity contribution >= 4 is 29.4 Å². The summed E-state index contributed by atoms with van der Waals surface area (Å²) >= 11 is 0. The molecule has 290 valence electrons. The number of carbonyl (C=O) groups is 4. The predicted octanol–water partition coefficient (Wildman–Crippen LogP) is 2.88. The van der Waals surface area contributed by atoms with E-state index in [1.165, 1.54) is 0 Å². The van der Waals surface area contributed by atoms with E-state index >= 15 is 0 Å². The van der Waals surface area contributed by atoms with Gasteiger partial charge >= 0.3 is 6.03 Å². The molecule has 0 bridgehead atoms. The van der Waals surface area contributed by atoms with Gasteiger partial charge in [0.05, 0.1) is 26.3 Å². The van der Waals surface area contributed by atoms with Gasteiger partial charge in [0.25, 0.3) is 11.5 Å². The number of piperidine rings is 2. The highest BCUT2D eigenvalue weighted by molar-refractivity contribution is 6.05. The molecule has 2 N–H and O–H groups in total. The number of hydrogen-bond acceptors (Lipinski definition) is 9. The van der Waals surface area contributed by atoms with E-state index in [9.17, 15) is 24.0 Å². The van der Waals surface area contributed by atoms with Gasteiger partial charge in [-0.3, -0.25) is 29.4 Å². The van der Waals surface area contributed by atoms with E-state index < -0.39 is 11.9 Å². The molecule has 0 saturated carbocycles. The number of carbonyl (C=O) groups excluding carboxylic acids is 4. The number of likely N-dealkylation sites (tertiary alicyclic amines) is 1. The molecule has 5 aliphatic heterocycles. The smallest absolute Gasteiger partial charge is 0.317 e. The monoisotopic (exact) mass is 751 g/mol. The first-order valence-electron chi connectivity index (χ1n) is 19.1. The number of hydrogen-bond donors (Lipinski definition) is 2. The maximum atomic E-state index is 13.4. The number of nitrogens with zero attached hydrogens (tertiary/aromatic N) is 5. The molecule has 0 aliphatic carbocycles. The Morgan fingerprint density at radius 1 is 0.964 bits per heavy atom. The predicted molar refractivity (Wildman–Crippen MR) is 205 cm³/mol. The van der Waals surface area contributed by atoms with Crippen molar-refractivity contribution in [2.45, 2.75) is 58.3 Å². The van der Waals surface area contributed by atoms with Gasteiger partial charge in [0.1, 0.15) is 17.5 Å². The number of anilines is 1. The van der Waals surface area contributed by atoms with Crippen molar-refractivity contribution in [3.8, 4) is 22.6 Å². The topological polar surface area (TPSA) is 146 Å². The normalized spacial score (nSPS) is 21.9. The summed E-state index contributed by atoms with van der Waals surface area (Å²) in [7, 11) is 6.69. The molecule has 5 amide bonds. The minimum atomic E-state index is -0.618. The highest BCUT2D eigenvalue weighted by Gasteiger charge is 2.50. The van der Waals surface area contributed by atoms with E-state index in [1.807, 2.05) is 30.5 Å². The van der Waals surface area contributed by atoms with Gasteiger partial charge in [-0.1, -0.05) is 13.0 Å². The van der Waals surface area contributed by atoms with Crippen molar-refractivity contribution in [2.24, 2.45) is 18.4 Å². The molecule has 14 nitrogen and oxygen atoms in total. The SMILES string of the molecule is CNC(=O)N1CCc2c(-c3cc(OC)c(CN4CCC5(CN(c6ccc7c(c6)C(=O)N(C6CCC(=O)NC6=O)C7)C5)C(C)C4)c(OC)c3)cn(C)c(=O)c2C1. The zero-order valence-electron chi connectivity index (χ0n) is 32.2. The van der Waals surface area contributed by atoms with Gasteiger partial charge in [-0.25, -0.2) is 4.79 Å². The minimum Gasteiger partial charge on any atom is -0.496 e. The van der Waals surface area contributed by atoms with E-state index in [0.29, 0.717) is 49.5 Å². The summed E-state index contributed by atoms with van der Waals surface area (Å²) < 4.78 is 13.6. The van der Waals surface area contributed by atoms with Crippen molar-refractivity contribution < 1.29 is 28.7 Å². The lowest BCUT2D eigenvalue weighted by Crippen LogP contribution is -2.64. The van der Waals surface area contributed by atoms with E-state index in [0.717, 1.165) is 77.6 Å². The molecule has 2 aromatic carbocycles. The number of benzene rings is 2. The molecule has 3 fully saturated rings. The van der Waals surface area contributed by atoms with Crippen LogP contribution in [0.25, 0.3) is 11.1 Å². The van der Waals surface area contributed by atoms with Crippen LogP contribution in [0.3, 0.4) is 0 Å². The number of aromatic nitrogens is 1. The number of methoxy groups -OCH3 is 2. The molecule has 2 unspecified atom stereocenters. The summed E-state index contributed by atoms with van der Waals surface area (Å²) in [5.74, 6) is 1.05. The van der Waals surface area contributed by atoms with Gasteiger partial charge in [0.2, 0.25) is 11.8 Å². The van der Waals surface area contributed by atoms with Crippen molar-refractivity contribution in [2.75, 3.05) is 58.9 Å². The fourth-order valence-corrected chi connectivity index (χ4v) is 9.45. The Kier molecular flexibility index (Phi) is 9.35. The summed E-state index contributed by atoms with van der Waals surface area (Å²) in [6.07, 6.45) is 4.07. The van der Waals surface area contributed by atoms with E-state index in [2.05, 4.69) is 33.4 Å². The van der Waals surface area contributed by atoms with Crippen LogP contribution in [0.5, 0.6) is 11.5 Å². The number of rotatable bonds is 7. The molecule has 14 heteroatoms. The lowest BCUT2D eigenvalue weighted by Gasteiger charge is -2.58. The summed E-state index contributed by atoms with van der Waals surface area (Å²) in [4.78, 5) is 71.3. The molecule has 0 radical (unpaired) electrons. The Morgan fingerprint density at radius 3 is 2.38 bits per heavy atom. The van der Waals surface area contributed by atoms with Crippen LogP contribution in [0.2, 0.25) is 0 Å². The molecule has 6 heterocycles. The third-order valence-corrected chi connectivity index (χ3v) is 12.8. The first-order valence-corrected chi connectivity index (χ1v) is 19.1. The summed E-state index contributed by atoms with van der Waals surface area (Å²) in [6, 6.07) is 9.32. The van der Waals surface area contributed by atoms with Crippen LogP contribution in [0, 0.1) is 11.3 Å². The van der Waals surface area contributed by atoms with Gasteiger partial charge < -0.3 is 34.1 Å². The Morgan fingerprint density at radius 2 is 1.71 bits per heavy atom. The second-order valence-electron chi connectivity index (χ2n) is 15.8. The number of ether oxygens (including phenoxy) is 2. The molecule has 8 rings (SSSR count). The zero-order chi connectivity index (χ0) is 38.8. The van der Waals surface area contributed by atoms with Gasteiger partial charge in [-0.15, -0.1) is 0 Å². The summed E-state index contributed by atoms with van der Waals surface area (Å²) in [5, 5.41) is 5.05. The van der Waals surface area contributed by atoms with Crippen LogP contribution in [0.4, 0.5) is 10.5 Å². The first kappa shape index (κ1) is 36.6. The number of fused-ring (bicyclic) bond motifs is 2. The van der Waals surface area contributed by atoms with Crippen LogP contribution in [-0.2, 0) is 42.7 Å². The standard InChI is InChI=1S/C41H49N7O7/c1-24-17-45(13-11-41(24)22-47(23-41)27-7-6-25-18-48(39(52)29(25)16-27)33-8-9-36(49)43-37(33)50)20-32-34(54-4)14-26(15-35(32)55-5)30-19-44(3)38(51)31-21-46(40(53)42-2)12-10-28(30)31/h6-7,14-16,19,24,33H,8-13,17-18,20-23H2,1-5H3,(H,42,53)(H,43,49,50). The van der Waals surface area contributed by atoms with Gasteiger partial charge in [0, 0.05) is 93.8 Å². The average molecular weight is 752 g/mol. The fourth-order valence-electron chi connectivity index (χ4n) is 9.45. The Bertz CT molecular complexity index is 2130. The van der Waals surface area contributed by atoms with Crippen molar-refractivity contribution in [1.29, 1.82) is 0 Å². The Balaban J connectivity index is 0.946. The molecular formula is C41H49N7O7. The number of pyridine rings is 1. The molecule has 1 spiro atoms. The highest BCUT2D eigenvalue weighted by atomic mass is 16.5. The third kappa shape index (κ3) is 6.29. The molecule has 3 aromatic rings.